The highest BCUT2D eigenvalue weighted by Crippen LogP contribution is 2.38. The van der Waals surface area contributed by atoms with Crippen LogP contribution in [0.4, 0.5) is 13.2 Å². The molecule has 0 amide bonds. The van der Waals surface area contributed by atoms with Crippen LogP contribution in [0, 0.1) is 6.92 Å². The van der Waals surface area contributed by atoms with Crippen LogP contribution in [0.1, 0.15) is 11.3 Å². The number of benzene rings is 2. The fourth-order valence-electron chi connectivity index (χ4n) is 2.54. The molecule has 1 heterocycles. The van der Waals surface area contributed by atoms with E-state index in [1.54, 1.807) is 30.3 Å². The van der Waals surface area contributed by atoms with E-state index in [2.05, 4.69) is 0 Å². The van der Waals surface area contributed by atoms with Gasteiger partial charge in [0, 0.05) is 10.9 Å². The standard InChI is InChI=1S/C17H13F3O/c1-11-6-5-9-13-15(12-7-3-2-4-8-12)14(21-16(11)13)10-17(18,19)20/h2-9H,10H2,1H3. The Kier molecular flexibility index (Phi) is 3.24. The van der Waals surface area contributed by atoms with Crippen LogP contribution in [0.2, 0.25) is 0 Å². The van der Waals surface area contributed by atoms with E-state index in [0.29, 0.717) is 11.1 Å². The van der Waals surface area contributed by atoms with Crippen molar-refractivity contribution >= 4 is 11.0 Å². The van der Waals surface area contributed by atoms with Crippen molar-refractivity contribution in [3.63, 3.8) is 0 Å². The average molecular weight is 290 g/mol. The minimum Gasteiger partial charge on any atom is -0.460 e. The van der Waals surface area contributed by atoms with Gasteiger partial charge in [0.05, 0.1) is 0 Å². The monoisotopic (exact) mass is 290 g/mol. The SMILES string of the molecule is Cc1cccc2c(-c3ccccc3)c(CC(F)(F)F)oc12. The van der Waals surface area contributed by atoms with Crippen molar-refractivity contribution in [3.05, 3.63) is 59.9 Å². The lowest BCUT2D eigenvalue weighted by Crippen LogP contribution is -2.11. The van der Waals surface area contributed by atoms with E-state index in [4.69, 9.17) is 4.42 Å². The van der Waals surface area contributed by atoms with E-state index in [-0.39, 0.29) is 5.76 Å². The van der Waals surface area contributed by atoms with Gasteiger partial charge in [-0.05, 0) is 18.1 Å². The number of hydrogen-bond acceptors (Lipinski definition) is 1. The molecule has 0 saturated heterocycles. The van der Waals surface area contributed by atoms with Crippen molar-refractivity contribution in [3.8, 4) is 11.1 Å². The highest BCUT2D eigenvalue weighted by atomic mass is 19.4. The number of hydrogen-bond donors (Lipinski definition) is 0. The maximum absolute atomic E-state index is 12.8. The van der Waals surface area contributed by atoms with Gasteiger partial charge in [0.25, 0.3) is 0 Å². The molecule has 3 aromatic rings. The Balaban J connectivity index is 2.28. The second-order valence-corrected chi connectivity index (χ2v) is 5.01. The molecule has 0 spiro atoms. The average Bonchev–Trinajstić information content (AvgIpc) is 2.77. The molecule has 1 nitrogen and oxygen atoms in total. The first-order chi connectivity index (χ1) is 9.96. The molecule has 108 valence electrons. The third-order valence-electron chi connectivity index (χ3n) is 3.41. The fraction of sp³-hybridized carbons (Fsp3) is 0.176. The minimum absolute atomic E-state index is 0.0296. The summed E-state index contributed by atoms with van der Waals surface area (Å²) in [6.07, 6.45) is -5.36. The predicted molar refractivity (Wildman–Crippen MR) is 76.1 cm³/mol. The Morgan fingerprint density at radius 2 is 1.67 bits per heavy atom. The molecule has 4 heteroatoms. The van der Waals surface area contributed by atoms with E-state index < -0.39 is 12.6 Å². The summed E-state index contributed by atoms with van der Waals surface area (Å²) in [5.74, 6) is -0.0296. The number of fused-ring (bicyclic) bond motifs is 1. The van der Waals surface area contributed by atoms with Gasteiger partial charge in [0.1, 0.15) is 17.8 Å². The number of rotatable bonds is 2. The van der Waals surface area contributed by atoms with Gasteiger partial charge in [-0.3, -0.25) is 0 Å². The second-order valence-electron chi connectivity index (χ2n) is 5.01. The summed E-state index contributed by atoms with van der Waals surface area (Å²) in [7, 11) is 0. The lowest BCUT2D eigenvalue weighted by Gasteiger charge is -2.06. The molecule has 2 aromatic carbocycles. The lowest BCUT2D eigenvalue weighted by molar-refractivity contribution is -0.129. The molecule has 21 heavy (non-hydrogen) atoms. The zero-order valence-corrected chi connectivity index (χ0v) is 11.4. The van der Waals surface area contributed by atoms with Crippen molar-refractivity contribution in [1.82, 2.24) is 0 Å². The summed E-state index contributed by atoms with van der Waals surface area (Å²) in [6.45, 7) is 1.83. The van der Waals surface area contributed by atoms with Crippen LogP contribution in [-0.4, -0.2) is 6.18 Å². The summed E-state index contributed by atoms with van der Waals surface area (Å²) in [4.78, 5) is 0. The van der Waals surface area contributed by atoms with Gasteiger partial charge < -0.3 is 4.42 Å². The quantitative estimate of drug-likeness (QED) is 0.606. The Morgan fingerprint density at radius 3 is 2.33 bits per heavy atom. The fourth-order valence-corrected chi connectivity index (χ4v) is 2.54. The smallest absolute Gasteiger partial charge is 0.396 e. The second kappa shape index (κ2) is 4.95. The minimum atomic E-state index is -4.30. The number of para-hydroxylation sites is 1. The van der Waals surface area contributed by atoms with Crippen LogP contribution in [0.5, 0.6) is 0 Å². The maximum atomic E-state index is 12.8. The van der Waals surface area contributed by atoms with Gasteiger partial charge in [-0.25, -0.2) is 0 Å². The Bertz CT molecular complexity index is 770. The van der Waals surface area contributed by atoms with Crippen LogP contribution in [0.3, 0.4) is 0 Å². The molecule has 0 fully saturated rings. The van der Waals surface area contributed by atoms with Crippen LogP contribution in [-0.2, 0) is 6.42 Å². The molecule has 0 aliphatic heterocycles. The number of alkyl halides is 3. The van der Waals surface area contributed by atoms with Crippen LogP contribution in [0.25, 0.3) is 22.1 Å². The molecular weight excluding hydrogens is 277 g/mol. The summed E-state index contributed by atoms with van der Waals surface area (Å²) < 4.78 is 44.0. The highest BCUT2D eigenvalue weighted by molar-refractivity contribution is 5.97. The van der Waals surface area contributed by atoms with E-state index in [9.17, 15) is 13.2 Å². The zero-order chi connectivity index (χ0) is 15.0. The number of aryl methyl sites for hydroxylation is 1. The summed E-state index contributed by atoms with van der Waals surface area (Å²) in [5, 5.41) is 0.723. The number of furan rings is 1. The highest BCUT2D eigenvalue weighted by Gasteiger charge is 2.32. The first-order valence-electron chi connectivity index (χ1n) is 6.59. The molecule has 0 radical (unpaired) electrons. The third kappa shape index (κ3) is 2.66. The van der Waals surface area contributed by atoms with Crippen LogP contribution < -0.4 is 0 Å². The largest absolute Gasteiger partial charge is 0.460 e. The summed E-state index contributed by atoms with van der Waals surface area (Å²) in [6, 6.07) is 14.5. The van der Waals surface area contributed by atoms with Crippen molar-refractivity contribution in [2.45, 2.75) is 19.5 Å². The van der Waals surface area contributed by atoms with Crippen LogP contribution in [0.15, 0.2) is 52.9 Å². The normalized spacial score (nSPS) is 12.0. The zero-order valence-electron chi connectivity index (χ0n) is 11.4. The van der Waals surface area contributed by atoms with Crippen molar-refractivity contribution in [1.29, 1.82) is 0 Å². The maximum Gasteiger partial charge on any atom is 0.396 e. The molecule has 0 aliphatic carbocycles. The lowest BCUT2D eigenvalue weighted by atomic mass is 10.00. The first-order valence-corrected chi connectivity index (χ1v) is 6.59. The molecular formula is C17H13F3O. The Morgan fingerprint density at radius 1 is 0.952 bits per heavy atom. The van der Waals surface area contributed by atoms with Gasteiger partial charge in [0.15, 0.2) is 0 Å². The van der Waals surface area contributed by atoms with Crippen LogP contribution >= 0.6 is 0 Å². The van der Waals surface area contributed by atoms with Gasteiger partial charge >= 0.3 is 6.18 Å². The molecule has 0 bridgehead atoms. The van der Waals surface area contributed by atoms with Crippen molar-refractivity contribution in [2.75, 3.05) is 0 Å². The molecule has 0 saturated carbocycles. The third-order valence-corrected chi connectivity index (χ3v) is 3.41. The summed E-state index contributed by atoms with van der Waals surface area (Å²) >= 11 is 0. The first kappa shape index (κ1) is 13.7. The molecule has 1 aromatic heterocycles. The molecule has 3 rings (SSSR count). The predicted octanol–water partition coefficient (Wildman–Crippen LogP) is 5.51. The molecule has 0 N–H and O–H groups in total. The van der Waals surface area contributed by atoms with E-state index in [1.165, 1.54) is 0 Å². The summed E-state index contributed by atoms with van der Waals surface area (Å²) in [5.41, 5.74) is 2.63. The Labute approximate surface area is 120 Å². The number of halogens is 3. The van der Waals surface area contributed by atoms with Crippen molar-refractivity contribution in [2.24, 2.45) is 0 Å². The Hall–Kier alpha value is -2.23. The van der Waals surface area contributed by atoms with E-state index >= 15 is 0 Å². The van der Waals surface area contributed by atoms with E-state index in [1.807, 2.05) is 25.1 Å². The topological polar surface area (TPSA) is 13.1 Å². The van der Waals surface area contributed by atoms with E-state index in [0.717, 1.165) is 16.5 Å². The van der Waals surface area contributed by atoms with Gasteiger partial charge in [-0.2, -0.15) is 13.2 Å². The van der Waals surface area contributed by atoms with Gasteiger partial charge in [-0.1, -0.05) is 48.5 Å². The van der Waals surface area contributed by atoms with Gasteiger partial charge in [-0.15, -0.1) is 0 Å². The van der Waals surface area contributed by atoms with Crippen molar-refractivity contribution < 1.29 is 17.6 Å². The molecule has 0 unspecified atom stereocenters. The molecule has 0 aliphatic rings. The molecule has 0 atom stereocenters. The van der Waals surface area contributed by atoms with Gasteiger partial charge in [0.2, 0.25) is 0 Å².